The summed E-state index contributed by atoms with van der Waals surface area (Å²) in [4.78, 5) is 6.14. The highest BCUT2D eigenvalue weighted by atomic mass is 16.5. The third kappa shape index (κ3) is 1.85. The normalized spacial score (nSPS) is 15.8. The molecule has 0 aromatic carbocycles. The van der Waals surface area contributed by atoms with Crippen molar-refractivity contribution in [2.24, 2.45) is 0 Å². The zero-order valence-electron chi connectivity index (χ0n) is 8.81. The van der Waals surface area contributed by atoms with Crippen molar-refractivity contribution in [1.29, 1.82) is 5.26 Å². The summed E-state index contributed by atoms with van der Waals surface area (Å²) in [6, 6.07) is 3.57. The lowest BCUT2D eigenvalue weighted by Crippen LogP contribution is -2.37. The number of nitrogens with two attached hydrogens (primary N) is 2. The molecule has 1 aromatic heterocycles. The first-order chi connectivity index (χ1) is 7.72. The second kappa shape index (κ2) is 4.24. The molecule has 1 saturated heterocycles. The minimum atomic E-state index is 0.331. The van der Waals surface area contributed by atoms with E-state index in [1.165, 1.54) is 6.07 Å². The highest BCUT2D eigenvalue weighted by molar-refractivity contribution is 5.70. The van der Waals surface area contributed by atoms with Crippen LogP contribution in [0.3, 0.4) is 0 Å². The average molecular weight is 219 g/mol. The predicted molar refractivity (Wildman–Crippen MR) is 60.8 cm³/mol. The van der Waals surface area contributed by atoms with Gasteiger partial charge in [-0.2, -0.15) is 5.26 Å². The van der Waals surface area contributed by atoms with Crippen LogP contribution in [-0.4, -0.2) is 31.3 Å². The lowest BCUT2D eigenvalue weighted by atomic mass is 10.2. The van der Waals surface area contributed by atoms with Crippen molar-refractivity contribution in [2.45, 2.75) is 0 Å². The number of nitriles is 1. The summed E-state index contributed by atoms with van der Waals surface area (Å²) in [6.07, 6.45) is 0. The smallest absolute Gasteiger partial charge is 0.151 e. The van der Waals surface area contributed by atoms with E-state index in [0.717, 1.165) is 0 Å². The van der Waals surface area contributed by atoms with Gasteiger partial charge >= 0.3 is 0 Å². The van der Waals surface area contributed by atoms with Crippen molar-refractivity contribution in [3.05, 3.63) is 11.6 Å². The molecule has 0 unspecified atom stereocenters. The van der Waals surface area contributed by atoms with Crippen LogP contribution in [-0.2, 0) is 4.74 Å². The zero-order chi connectivity index (χ0) is 11.5. The van der Waals surface area contributed by atoms with Gasteiger partial charge in [0.15, 0.2) is 5.82 Å². The van der Waals surface area contributed by atoms with Gasteiger partial charge in [0.1, 0.15) is 17.5 Å². The van der Waals surface area contributed by atoms with Crippen molar-refractivity contribution < 1.29 is 4.74 Å². The Morgan fingerprint density at radius 2 is 2.06 bits per heavy atom. The summed E-state index contributed by atoms with van der Waals surface area (Å²) in [5, 5.41) is 9.05. The Labute approximate surface area is 93.4 Å². The van der Waals surface area contributed by atoms with Gasteiger partial charge in [0.25, 0.3) is 0 Å². The standard InChI is InChI=1S/C10H13N5O/c11-6-7-8(12)5-9(13)14-10(7)15-1-3-16-4-2-15/h5H,1-4H2,(H4,12,13,14). The maximum absolute atomic E-state index is 9.05. The van der Waals surface area contributed by atoms with Crippen LogP contribution in [0.5, 0.6) is 0 Å². The van der Waals surface area contributed by atoms with Gasteiger partial charge in [-0.05, 0) is 0 Å². The van der Waals surface area contributed by atoms with E-state index in [0.29, 0.717) is 49.2 Å². The number of nitrogens with zero attached hydrogens (tertiary/aromatic N) is 3. The first-order valence-electron chi connectivity index (χ1n) is 5.01. The van der Waals surface area contributed by atoms with Crippen molar-refractivity contribution in [3.63, 3.8) is 0 Å². The maximum Gasteiger partial charge on any atom is 0.151 e. The van der Waals surface area contributed by atoms with E-state index < -0.39 is 0 Å². The lowest BCUT2D eigenvalue weighted by molar-refractivity contribution is 0.122. The van der Waals surface area contributed by atoms with Crippen LogP contribution in [0.1, 0.15) is 5.56 Å². The number of morpholine rings is 1. The Hall–Kier alpha value is -2.00. The van der Waals surface area contributed by atoms with Crippen LogP contribution in [0.4, 0.5) is 17.3 Å². The number of rotatable bonds is 1. The molecule has 0 radical (unpaired) electrons. The van der Waals surface area contributed by atoms with Gasteiger partial charge in [0.05, 0.1) is 18.9 Å². The Morgan fingerprint density at radius 1 is 1.38 bits per heavy atom. The predicted octanol–water partition coefficient (Wildman–Crippen LogP) is -0.0457. The van der Waals surface area contributed by atoms with E-state index in [4.69, 9.17) is 21.5 Å². The molecule has 0 spiro atoms. The Balaban J connectivity index is 2.42. The Morgan fingerprint density at radius 3 is 2.69 bits per heavy atom. The molecule has 2 heterocycles. The SMILES string of the molecule is N#Cc1c(N)cc(N)nc1N1CCOCC1. The minimum Gasteiger partial charge on any atom is -0.397 e. The van der Waals surface area contributed by atoms with E-state index in [9.17, 15) is 0 Å². The monoisotopic (exact) mass is 219 g/mol. The molecule has 1 aliphatic heterocycles. The molecule has 1 aromatic rings. The van der Waals surface area contributed by atoms with Gasteiger partial charge in [-0.3, -0.25) is 0 Å². The van der Waals surface area contributed by atoms with Gasteiger partial charge in [-0.1, -0.05) is 0 Å². The number of hydrogen-bond acceptors (Lipinski definition) is 6. The second-order valence-electron chi connectivity index (χ2n) is 3.55. The van der Waals surface area contributed by atoms with Crippen molar-refractivity contribution in [1.82, 2.24) is 4.98 Å². The first-order valence-corrected chi connectivity index (χ1v) is 5.01. The van der Waals surface area contributed by atoms with Gasteiger partial charge in [-0.25, -0.2) is 4.98 Å². The molecule has 0 atom stereocenters. The molecule has 16 heavy (non-hydrogen) atoms. The summed E-state index contributed by atoms with van der Waals surface area (Å²) >= 11 is 0. The van der Waals surface area contributed by atoms with Gasteiger partial charge in [0, 0.05) is 19.2 Å². The molecule has 6 nitrogen and oxygen atoms in total. The molecule has 0 amide bonds. The quantitative estimate of drug-likeness (QED) is 0.687. The van der Waals surface area contributed by atoms with E-state index >= 15 is 0 Å². The van der Waals surface area contributed by atoms with Gasteiger partial charge in [-0.15, -0.1) is 0 Å². The number of ether oxygens (including phenoxy) is 1. The maximum atomic E-state index is 9.05. The van der Waals surface area contributed by atoms with Crippen molar-refractivity contribution >= 4 is 17.3 Å². The first kappa shape index (κ1) is 10.5. The van der Waals surface area contributed by atoms with Crippen LogP contribution < -0.4 is 16.4 Å². The zero-order valence-corrected chi connectivity index (χ0v) is 8.81. The number of hydrogen-bond donors (Lipinski definition) is 2. The second-order valence-corrected chi connectivity index (χ2v) is 3.55. The van der Waals surface area contributed by atoms with Crippen molar-refractivity contribution in [2.75, 3.05) is 42.7 Å². The fraction of sp³-hybridized carbons (Fsp3) is 0.400. The van der Waals surface area contributed by atoms with E-state index in [1.54, 1.807) is 0 Å². The average Bonchev–Trinajstić information content (AvgIpc) is 2.29. The van der Waals surface area contributed by atoms with Crippen LogP contribution in [0.25, 0.3) is 0 Å². The molecule has 0 bridgehead atoms. The molecule has 6 heteroatoms. The van der Waals surface area contributed by atoms with Gasteiger partial charge < -0.3 is 21.1 Å². The molecule has 1 fully saturated rings. The molecule has 0 aliphatic carbocycles. The topological polar surface area (TPSA) is 101 Å². The Kier molecular flexibility index (Phi) is 2.79. The summed E-state index contributed by atoms with van der Waals surface area (Å²) in [5.74, 6) is 0.890. The summed E-state index contributed by atoms with van der Waals surface area (Å²) in [6.45, 7) is 2.65. The molecule has 4 N–H and O–H groups in total. The Bertz CT molecular complexity index is 434. The lowest BCUT2D eigenvalue weighted by Gasteiger charge is -2.28. The fourth-order valence-electron chi connectivity index (χ4n) is 1.69. The molecule has 2 rings (SSSR count). The largest absolute Gasteiger partial charge is 0.397 e. The van der Waals surface area contributed by atoms with Gasteiger partial charge in [0.2, 0.25) is 0 Å². The number of nitrogen functional groups attached to an aromatic ring is 2. The van der Waals surface area contributed by atoms with E-state index in [2.05, 4.69) is 11.1 Å². The third-order valence-corrected chi connectivity index (χ3v) is 2.47. The van der Waals surface area contributed by atoms with E-state index in [-0.39, 0.29) is 0 Å². The highest BCUT2D eigenvalue weighted by Crippen LogP contribution is 2.25. The molecule has 1 aliphatic rings. The molecule has 0 saturated carbocycles. The minimum absolute atomic E-state index is 0.331. The molecular weight excluding hydrogens is 206 g/mol. The number of aromatic nitrogens is 1. The molecular formula is C10H13N5O. The van der Waals surface area contributed by atoms with Crippen LogP contribution in [0, 0.1) is 11.3 Å². The van der Waals surface area contributed by atoms with Crippen LogP contribution in [0.2, 0.25) is 0 Å². The van der Waals surface area contributed by atoms with E-state index in [1.807, 2.05) is 4.90 Å². The van der Waals surface area contributed by atoms with Crippen LogP contribution in [0.15, 0.2) is 6.07 Å². The third-order valence-electron chi connectivity index (χ3n) is 2.47. The summed E-state index contributed by atoms with van der Waals surface area (Å²) in [5.41, 5.74) is 12.1. The number of pyridine rings is 1. The summed E-state index contributed by atoms with van der Waals surface area (Å²) in [7, 11) is 0. The highest BCUT2D eigenvalue weighted by Gasteiger charge is 2.18. The van der Waals surface area contributed by atoms with Crippen molar-refractivity contribution in [3.8, 4) is 6.07 Å². The van der Waals surface area contributed by atoms with Crippen LogP contribution >= 0.6 is 0 Å². The number of anilines is 3. The summed E-state index contributed by atoms with van der Waals surface area (Å²) < 4.78 is 5.24. The fourth-order valence-corrected chi connectivity index (χ4v) is 1.69. The molecule has 84 valence electrons.